The van der Waals surface area contributed by atoms with Gasteiger partial charge in [0.25, 0.3) is 5.91 Å². The fourth-order valence-corrected chi connectivity index (χ4v) is 4.61. The van der Waals surface area contributed by atoms with Crippen LogP contribution in [0.4, 0.5) is 13.2 Å². The minimum absolute atomic E-state index is 0.198. The molecule has 0 radical (unpaired) electrons. The van der Waals surface area contributed by atoms with Gasteiger partial charge in [0, 0.05) is 6.54 Å². The molecule has 3 aromatic rings. The van der Waals surface area contributed by atoms with Crippen LogP contribution in [0.1, 0.15) is 38.7 Å². The Morgan fingerprint density at radius 3 is 2.00 bits per heavy atom. The predicted octanol–water partition coefficient (Wildman–Crippen LogP) is 5.53. The van der Waals surface area contributed by atoms with E-state index in [9.17, 15) is 18.0 Å². The number of nitrogens with zero attached hydrogens (tertiary/aromatic N) is 1. The first kappa shape index (κ1) is 25.2. The first-order chi connectivity index (χ1) is 17.2. The van der Waals surface area contributed by atoms with Crippen molar-refractivity contribution in [2.75, 3.05) is 35.0 Å². The Hall–Kier alpha value is -3.88. The highest BCUT2D eigenvalue weighted by Gasteiger charge is 2.38. The average molecular weight is 502 g/mol. The molecule has 3 aromatic carbocycles. The molecule has 9 heteroatoms. The monoisotopic (exact) mass is 501 g/mol. The van der Waals surface area contributed by atoms with Crippen molar-refractivity contribution >= 4 is 5.91 Å². The summed E-state index contributed by atoms with van der Waals surface area (Å²) in [6.07, 6.45) is -4.07. The average Bonchev–Trinajstić information content (AvgIpc) is 2.90. The third-order valence-corrected chi connectivity index (χ3v) is 6.31. The number of hydrogen-bond donors (Lipinski definition) is 0. The molecule has 0 unspecified atom stereocenters. The Morgan fingerprint density at radius 1 is 0.833 bits per heavy atom. The van der Waals surface area contributed by atoms with Crippen LogP contribution in [0.5, 0.6) is 23.0 Å². The maximum atomic E-state index is 14.0. The predicted molar refractivity (Wildman–Crippen MR) is 127 cm³/mol. The number of fused-ring (bicyclic) bond motifs is 1. The van der Waals surface area contributed by atoms with Crippen molar-refractivity contribution in [3.8, 4) is 23.0 Å². The van der Waals surface area contributed by atoms with Gasteiger partial charge in [-0.3, -0.25) is 4.79 Å². The molecule has 36 heavy (non-hydrogen) atoms. The van der Waals surface area contributed by atoms with Crippen LogP contribution in [0.2, 0.25) is 0 Å². The summed E-state index contributed by atoms with van der Waals surface area (Å²) >= 11 is 0. The van der Waals surface area contributed by atoms with Gasteiger partial charge in [0.15, 0.2) is 11.5 Å². The quantitative estimate of drug-likeness (QED) is 0.445. The van der Waals surface area contributed by atoms with E-state index < -0.39 is 23.7 Å². The maximum absolute atomic E-state index is 14.0. The third kappa shape index (κ3) is 4.53. The number of benzene rings is 3. The van der Waals surface area contributed by atoms with E-state index in [1.807, 2.05) is 0 Å². The normalized spacial score (nSPS) is 15.2. The van der Waals surface area contributed by atoms with E-state index in [4.69, 9.17) is 18.9 Å². The molecular formula is C27H26F3NO5. The van der Waals surface area contributed by atoms with Crippen LogP contribution in [-0.4, -0.2) is 45.8 Å². The lowest BCUT2D eigenvalue weighted by Gasteiger charge is -2.38. The number of methoxy groups -OCH3 is 4. The van der Waals surface area contributed by atoms with Gasteiger partial charge in [0.2, 0.25) is 0 Å². The third-order valence-electron chi connectivity index (χ3n) is 6.31. The van der Waals surface area contributed by atoms with Crippen molar-refractivity contribution in [2.45, 2.75) is 18.6 Å². The lowest BCUT2D eigenvalue weighted by atomic mass is 9.86. The van der Waals surface area contributed by atoms with Gasteiger partial charge in [0.05, 0.1) is 40.0 Å². The smallest absolute Gasteiger partial charge is 0.416 e. The molecule has 1 heterocycles. The van der Waals surface area contributed by atoms with E-state index in [1.54, 1.807) is 41.3 Å². The Morgan fingerprint density at radius 2 is 1.42 bits per heavy atom. The lowest BCUT2D eigenvalue weighted by Crippen LogP contribution is -2.41. The van der Waals surface area contributed by atoms with Gasteiger partial charge in [-0.1, -0.05) is 18.2 Å². The summed E-state index contributed by atoms with van der Waals surface area (Å²) in [5, 5.41) is 0. The molecule has 0 saturated heterocycles. The molecule has 0 N–H and O–H groups in total. The van der Waals surface area contributed by atoms with E-state index in [0.717, 1.165) is 17.7 Å². The molecule has 1 amide bonds. The van der Waals surface area contributed by atoms with Crippen LogP contribution in [-0.2, 0) is 12.6 Å². The summed E-state index contributed by atoms with van der Waals surface area (Å²) in [6.45, 7) is 0.253. The van der Waals surface area contributed by atoms with Gasteiger partial charge in [-0.25, -0.2) is 0 Å². The molecule has 1 aliphatic heterocycles. The molecule has 0 aromatic heterocycles. The van der Waals surface area contributed by atoms with Gasteiger partial charge in [-0.05, 0) is 59.5 Å². The van der Waals surface area contributed by atoms with Gasteiger partial charge in [0.1, 0.15) is 17.1 Å². The van der Waals surface area contributed by atoms with Gasteiger partial charge < -0.3 is 23.8 Å². The molecule has 4 rings (SSSR count). The van der Waals surface area contributed by atoms with Crippen molar-refractivity contribution in [1.82, 2.24) is 4.90 Å². The molecule has 0 fully saturated rings. The zero-order chi connectivity index (χ0) is 26.0. The molecule has 0 saturated carbocycles. The molecule has 6 nitrogen and oxygen atoms in total. The first-order valence-corrected chi connectivity index (χ1v) is 11.2. The molecule has 0 bridgehead atoms. The Balaban J connectivity index is 1.93. The van der Waals surface area contributed by atoms with E-state index in [0.29, 0.717) is 40.5 Å². The van der Waals surface area contributed by atoms with Crippen molar-refractivity contribution in [2.24, 2.45) is 0 Å². The van der Waals surface area contributed by atoms with Crippen LogP contribution < -0.4 is 18.9 Å². The second-order valence-electron chi connectivity index (χ2n) is 8.22. The number of amides is 1. The van der Waals surface area contributed by atoms with Crippen LogP contribution in [0.25, 0.3) is 0 Å². The number of hydrogen-bond acceptors (Lipinski definition) is 5. The van der Waals surface area contributed by atoms with Crippen LogP contribution >= 0.6 is 0 Å². The lowest BCUT2D eigenvalue weighted by molar-refractivity contribution is -0.137. The zero-order valence-electron chi connectivity index (χ0n) is 20.3. The number of carbonyl (C=O) groups is 1. The number of carbonyl (C=O) groups excluding carboxylic acids is 1. The second kappa shape index (κ2) is 10.0. The number of rotatable bonds is 6. The highest BCUT2D eigenvalue weighted by atomic mass is 19.4. The van der Waals surface area contributed by atoms with E-state index in [2.05, 4.69) is 0 Å². The van der Waals surface area contributed by atoms with Crippen molar-refractivity contribution < 1.29 is 36.9 Å². The largest absolute Gasteiger partial charge is 0.496 e. The summed E-state index contributed by atoms with van der Waals surface area (Å²) in [5.41, 5.74) is 1.23. The van der Waals surface area contributed by atoms with Crippen LogP contribution in [0, 0.1) is 0 Å². The molecule has 0 aliphatic carbocycles. The standard InChI is InChI=1S/C27H26F3NO5/c1-33-20-9-6-10-21(34-2)24(20)26(32)31-12-11-16-14-22(35-3)23(36-4)15-19(16)25(31)17-7-5-8-18(13-17)27(28,29)30/h5-10,13-15,25H,11-12H2,1-4H3/t25-/m1/s1. The van der Waals surface area contributed by atoms with Crippen LogP contribution in [0.15, 0.2) is 54.6 Å². The second-order valence-corrected chi connectivity index (χ2v) is 8.22. The van der Waals surface area contributed by atoms with Crippen molar-refractivity contribution in [3.63, 3.8) is 0 Å². The minimum Gasteiger partial charge on any atom is -0.496 e. The van der Waals surface area contributed by atoms with Crippen molar-refractivity contribution in [1.29, 1.82) is 0 Å². The zero-order valence-corrected chi connectivity index (χ0v) is 20.3. The molecule has 190 valence electrons. The number of halogens is 3. The first-order valence-electron chi connectivity index (χ1n) is 11.2. The number of alkyl halides is 3. The van der Waals surface area contributed by atoms with E-state index in [1.165, 1.54) is 34.5 Å². The van der Waals surface area contributed by atoms with Crippen molar-refractivity contribution in [3.05, 3.63) is 82.4 Å². The Kier molecular flexibility index (Phi) is 7.01. The summed E-state index contributed by atoms with van der Waals surface area (Å²) in [4.78, 5) is 15.5. The molecular weight excluding hydrogens is 475 g/mol. The Labute approximate surface area is 207 Å². The number of ether oxygens (including phenoxy) is 4. The van der Waals surface area contributed by atoms with Crippen LogP contribution in [0.3, 0.4) is 0 Å². The summed E-state index contributed by atoms with van der Waals surface area (Å²) in [7, 11) is 5.88. The maximum Gasteiger partial charge on any atom is 0.416 e. The van der Waals surface area contributed by atoms with E-state index in [-0.39, 0.29) is 12.1 Å². The summed E-state index contributed by atoms with van der Waals surface area (Å²) < 4.78 is 62.6. The molecule has 1 aliphatic rings. The van der Waals surface area contributed by atoms with Gasteiger partial charge in [-0.2, -0.15) is 13.2 Å². The molecule has 0 spiro atoms. The fourth-order valence-electron chi connectivity index (χ4n) is 4.61. The molecule has 1 atom stereocenters. The highest BCUT2D eigenvalue weighted by molar-refractivity contribution is 6.00. The SMILES string of the molecule is COc1cc2c(cc1OC)[C@@H](c1cccc(C(F)(F)F)c1)N(C(=O)c1c(OC)cccc1OC)CC2. The fraction of sp³-hybridized carbons (Fsp3) is 0.296. The van der Waals surface area contributed by atoms with Gasteiger partial charge in [-0.15, -0.1) is 0 Å². The Bertz CT molecular complexity index is 1250. The summed E-state index contributed by atoms with van der Waals surface area (Å²) in [6, 6.07) is 12.7. The minimum atomic E-state index is -4.54. The highest BCUT2D eigenvalue weighted by Crippen LogP contribution is 2.44. The van der Waals surface area contributed by atoms with Gasteiger partial charge >= 0.3 is 6.18 Å². The topological polar surface area (TPSA) is 57.2 Å². The van der Waals surface area contributed by atoms with E-state index >= 15 is 0 Å². The summed E-state index contributed by atoms with van der Waals surface area (Å²) in [5.74, 6) is 1.11.